The monoisotopic (exact) mass is 272 g/mol. The molecule has 0 amide bonds. The Morgan fingerprint density at radius 1 is 1.11 bits per heavy atom. The third kappa shape index (κ3) is 4.64. The molecule has 1 aromatic heterocycles. The predicted molar refractivity (Wildman–Crippen MR) is 68.9 cm³/mol. The quantitative estimate of drug-likeness (QED) is 0.451. The minimum Gasteiger partial charge on any atom is -0.503 e. The number of aromatic nitrogens is 1. The van der Waals surface area contributed by atoms with Gasteiger partial charge in [-0.15, -0.1) is 0 Å². The number of pyridine rings is 1. The Balaban J connectivity index is 2.96. The zero-order valence-electron chi connectivity index (χ0n) is 10.7. The predicted octanol–water partition coefficient (Wildman–Crippen LogP) is -1.67. The van der Waals surface area contributed by atoms with Crippen LogP contribution in [0.2, 0.25) is 0 Å². The van der Waals surface area contributed by atoms with Gasteiger partial charge >= 0.3 is 0 Å². The summed E-state index contributed by atoms with van der Waals surface area (Å²) < 4.78 is 1.58. The second kappa shape index (κ2) is 7.90. The molecule has 0 saturated heterocycles. The summed E-state index contributed by atoms with van der Waals surface area (Å²) >= 11 is 0. The fourth-order valence-electron chi connectivity index (χ4n) is 1.84. The van der Waals surface area contributed by atoms with E-state index in [0.717, 1.165) is 0 Å². The summed E-state index contributed by atoms with van der Waals surface area (Å²) in [5, 5.41) is 36.2. The van der Waals surface area contributed by atoms with Crippen molar-refractivity contribution in [2.45, 2.75) is 13.1 Å². The van der Waals surface area contributed by atoms with E-state index in [1.165, 1.54) is 12.3 Å². The molecule has 0 fully saturated rings. The zero-order chi connectivity index (χ0) is 14.3. The summed E-state index contributed by atoms with van der Waals surface area (Å²) in [5.74, 6) is -0.368. The molecule has 0 unspecified atom stereocenters. The SMILES string of the molecule is O=c1cc(CN(CCO)CCO)n(CCO)cc1O. The molecule has 0 bridgehead atoms. The van der Waals surface area contributed by atoms with Gasteiger partial charge in [0.15, 0.2) is 5.75 Å². The van der Waals surface area contributed by atoms with Crippen LogP contribution in [0.15, 0.2) is 17.1 Å². The van der Waals surface area contributed by atoms with Crippen molar-refractivity contribution >= 4 is 0 Å². The van der Waals surface area contributed by atoms with E-state index in [1.807, 2.05) is 0 Å². The van der Waals surface area contributed by atoms with Crippen LogP contribution in [0.1, 0.15) is 5.69 Å². The van der Waals surface area contributed by atoms with Gasteiger partial charge in [0.05, 0.1) is 26.0 Å². The van der Waals surface area contributed by atoms with E-state index in [0.29, 0.717) is 25.3 Å². The zero-order valence-corrected chi connectivity index (χ0v) is 10.7. The van der Waals surface area contributed by atoms with Crippen LogP contribution in [-0.4, -0.2) is 62.8 Å². The molecule has 19 heavy (non-hydrogen) atoms. The van der Waals surface area contributed by atoms with Crippen molar-refractivity contribution in [1.82, 2.24) is 9.47 Å². The normalized spacial score (nSPS) is 11.2. The molecule has 0 radical (unpaired) electrons. The largest absolute Gasteiger partial charge is 0.503 e. The van der Waals surface area contributed by atoms with Gasteiger partial charge in [-0.3, -0.25) is 9.69 Å². The minimum atomic E-state index is -0.489. The number of rotatable bonds is 8. The summed E-state index contributed by atoms with van der Waals surface area (Å²) in [7, 11) is 0. The maximum Gasteiger partial charge on any atom is 0.223 e. The number of nitrogens with zero attached hydrogens (tertiary/aromatic N) is 2. The van der Waals surface area contributed by atoms with Gasteiger partial charge in [0, 0.05) is 37.9 Å². The number of aliphatic hydroxyl groups is 3. The molecule has 1 heterocycles. The van der Waals surface area contributed by atoms with Crippen molar-refractivity contribution in [2.24, 2.45) is 0 Å². The lowest BCUT2D eigenvalue weighted by atomic mass is 10.3. The molecule has 0 aliphatic heterocycles. The first-order valence-electron chi connectivity index (χ1n) is 6.09. The molecule has 4 N–H and O–H groups in total. The molecular weight excluding hydrogens is 252 g/mol. The fraction of sp³-hybridized carbons (Fsp3) is 0.583. The third-order valence-electron chi connectivity index (χ3n) is 2.76. The number of aromatic hydroxyl groups is 1. The molecular formula is C12H20N2O5. The molecule has 1 aromatic rings. The van der Waals surface area contributed by atoms with Crippen LogP contribution < -0.4 is 5.43 Å². The summed E-state index contributed by atoms with van der Waals surface area (Å²) in [6.07, 6.45) is 1.28. The van der Waals surface area contributed by atoms with E-state index >= 15 is 0 Å². The van der Waals surface area contributed by atoms with E-state index in [1.54, 1.807) is 9.47 Å². The standard InChI is InChI=1S/C12H20N2O5/c15-4-1-13(2-5-16)8-10-7-11(18)12(19)9-14(10)3-6-17/h7,9,15-17,19H,1-6,8H2. The van der Waals surface area contributed by atoms with Gasteiger partial charge in [0.1, 0.15) is 0 Å². The van der Waals surface area contributed by atoms with E-state index in [4.69, 9.17) is 15.3 Å². The smallest absolute Gasteiger partial charge is 0.223 e. The molecule has 1 rings (SSSR count). The van der Waals surface area contributed by atoms with Gasteiger partial charge in [0.25, 0.3) is 0 Å². The van der Waals surface area contributed by atoms with Crippen LogP contribution in [0.4, 0.5) is 0 Å². The van der Waals surface area contributed by atoms with Crippen LogP contribution in [0.25, 0.3) is 0 Å². The van der Waals surface area contributed by atoms with E-state index in [-0.39, 0.29) is 32.1 Å². The molecule has 7 nitrogen and oxygen atoms in total. The Hall–Kier alpha value is -1.41. The molecule has 0 aromatic carbocycles. The van der Waals surface area contributed by atoms with Gasteiger partial charge < -0.3 is 25.0 Å². The Labute approximate surface area is 111 Å². The number of hydrogen-bond acceptors (Lipinski definition) is 6. The highest BCUT2D eigenvalue weighted by Gasteiger charge is 2.10. The van der Waals surface area contributed by atoms with Crippen LogP contribution in [0, 0.1) is 0 Å². The first-order valence-corrected chi connectivity index (χ1v) is 6.09. The summed E-state index contributed by atoms with van der Waals surface area (Å²) in [4.78, 5) is 13.2. The topological polar surface area (TPSA) is 106 Å². The summed E-state index contributed by atoms with van der Waals surface area (Å²) in [5.41, 5.74) is 0.121. The average molecular weight is 272 g/mol. The first kappa shape index (κ1) is 15.6. The van der Waals surface area contributed by atoms with Crippen LogP contribution >= 0.6 is 0 Å². The second-order valence-corrected chi connectivity index (χ2v) is 4.15. The Kier molecular flexibility index (Phi) is 6.51. The van der Waals surface area contributed by atoms with Crippen molar-refractivity contribution in [3.05, 3.63) is 28.2 Å². The molecule has 0 aliphatic rings. The van der Waals surface area contributed by atoms with Crippen molar-refractivity contribution in [2.75, 3.05) is 32.9 Å². The fourth-order valence-corrected chi connectivity index (χ4v) is 1.84. The summed E-state index contributed by atoms with van der Waals surface area (Å²) in [6.45, 7) is 1.12. The lowest BCUT2D eigenvalue weighted by Gasteiger charge is -2.22. The molecule has 7 heteroatoms. The Morgan fingerprint density at radius 2 is 1.74 bits per heavy atom. The van der Waals surface area contributed by atoms with Crippen LogP contribution in [0.3, 0.4) is 0 Å². The molecule has 0 atom stereocenters. The minimum absolute atomic E-state index is 0.0533. The van der Waals surface area contributed by atoms with Gasteiger partial charge in [-0.1, -0.05) is 0 Å². The van der Waals surface area contributed by atoms with E-state index in [2.05, 4.69) is 0 Å². The van der Waals surface area contributed by atoms with E-state index < -0.39 is 5.43 Å². The molecule has 0 saturated carbocycles. The third-order valence-corrected chi connectivity index (χ3v) is 2.76. The number of hydrogen-bond donors (Lipinski definition) is 4. The van der Waals surface area contributed by atoms with Crippen molar-refractivity contribution in [3.63, 3.8) is 0 Å². The summed E-state index contributed by atoms with van der Waals surface area (Å²) in [6, 6.07) is 1.30. The van der Waals surface area contributed by atoms with Crippen molar-refractivity contribution in [1.29, 1.82) is 0 Å². The molecule has 0 spiro atoms. The lowest BCUT2D eigenvalue weighted by Crippen LogP contribution is -2.31. The maximum atomic E-state index is 11.5. The number of aliphatic hydroxyl groups excluding tert-OH is 3. The maximum absolute atomic E-state index is 11.5. The Morgan fingerprint density at radius 3 is 2.26 bits per heavy atom. The van der Waals surface area contributed by atoms with Crippen LogP contribution in [-0.2, 0) is 13.1 Å². The Bertz CT molecular complexity index is 440. The van der Waals surface area contributed by atoms with Crippen molar-refractivity contribution in [3.8, 4) is 5.75 Å². The average Bonchev–Trinajstić information content (AvgIpc) is 2.36. The van der Waals surface area contributed by atoms with Crippen LogP contribution in [0.5, 0.6) is 5.75 Å². The highest BCUT2D eigenvalue weighted by molar-refractivity contribution is 5.20. The van der Waals surface area contributed by atoms with Gasteiger partial charge in [0.2, 0.25) is 5.43 Å². The first-order chi connectivity index (χ1) is 9.12. The molecule has 108 valence electrons. The van der Waals surface area contributed by atoms with Crippen molar-refractivity contribution < 1.29 is 20.4 Å². The highest BCUT2D eigenvalue weighted by Crippen LogP contribution is 2.08. The van der Waals surface area contributed by atoms with Gasteiger partial charge in [-0.2, -0.15) is 0 Å². The highest BCUT2D eigenvalue weighted by atomic mass is 16.3. The van der Waals surface area contributed by atoms with Gasteiger partial charge in [-0.05, 0) is 0 Å². The lowest BCUT2D eigenvalue weighted by molar-refractivity contribution is 0.152. The second-order valence-electron chi connectivity index (χ2n) is 4.15. The van der Waals surface area contributed by atoms with E-state index in [9.17, 15) is 9.90 Å². The van der Waals surface area contributed by atoms with Gasteiger partial charge in [-0.25, -0.2) is 0 Å². The molecule has 0 aliphatic carbocycles.